The second-order valence-corrected chi connectivity index (χ2v) is 18.5. The van der Waals surface area contributed by atoms with Crippen LogP contribution >= 0.6 is 0 Å². The fourth-order valence-corrected chi connectivity index (χ4v) is 8.05. The molecule has 62 heavy (non-hydrogen) atoms. The van der Waals surface area contributed by atoms with Gasteiger partial charge < -0.3 is 14.2 Å². The van der Waals surface area contributed by atoms with Crippen LogP contribution in [-0.4, -0.2) is 37.9 Å². The highest BCUT2D eigenvalue weighted by atomic mass is 16.6. The van der Waals surface area contributed by atoms with E-state index in [0.29, 0.717) is 19.4 Å². The Morgan fingerprint density at radius 3 is 1.11 bits per heavy atom. The van der Waals surface area contributed by atoms with Crippen LogP contribution in [0.4, 0.5) is 0 Å². The van der Waals surface area contributed by atoms with Gasteiger partial charge in [-0.2, -0.15) is 0 Å². The first-order chi connectivity index (χ1) is 30.6. The van der Waals surface area contributed by atoms with Crippen LogP contribution in [0, 0.1) is 0 Å². The standard InChI is InChI=1S/C57H106O5/c1-4-7-10-13-16-19-22-25-28-31-34-37-40-43-46-49-52-60-53-55(62-57(59)51-48-45-42-39-36-33-30-27-24-21-18-15-12-9-6-3)54-61-56(58)50-47-44-41-38-35-32-29-26-23-20-17-14-11-8-5-2/h18,21,27,30,36,39,55H,4-17,19-20,22-26,28-29,31-35,37-38,40-54H2,1-3H3/b21-18-,30-27-,39-36-/t55-/m1/s1. The van der Waals surface area contributed by atoms with E-state index < -0.39 is 6.10 Å². The van der Waals surface area contributed by atoms with Crippen molar-refractivity contribution in [3.63, 3.8) is 0 Å². The minimum Gasteiger partial charge on any atom is -0.462 e. The quantitative estimate of drug-likeness (QED) is 0.0346. The van der Waals surface area contributed by atoms with Gasteiger partial charge in [0.15, 0.2) is 6.10 Å². The summed E-state index contributed by atoms with van der Waals surface area (Å²) in [5, 5.41) is 0. The van der Waals surface area contributed by atoms with Gasteiger partial charge in [0, 0.05) is 19.4 Å². The van der Waals surface area contributed by atoms with E-state index in [0.717, 1.165) is 57.8 Å². The summed E-state index contributed by atoms with van der Waals surface area (Å²) in [7, 11) is 0. The lowest BCUT2D eigenvalue weighted by Crippen LogP contribution is -2.30. The number of unbranched alkanes of at least 4 members (excludes halogenated alkanes) is 34. The summed E-state index contributed by atoms with van der Waals surface area (Å²) in [5.41, 5.74) is 0. The van der Waals surface area contributed by atoms with Crippen molar-refractivity contribution >= 4 is 11.9 Å². The molecule has 0 saturated heterocycles. The Morgan fingerprint density at radius 2 is 0.677 bits per heavy atom. The first-order valence-corrected chi connectivity index (χ1v) is 27.5. The van der Waals surface area contributed by atoms with Crippen molar-refractivity contribution in [2.45, 2.75) is 297 Å². The maximum atomic E-state index is 12.8. The summed E-state index contributed by atoms with van der Waals surface area (Å²) in [6.07, 6.45) is 64.4. The van der Waals surface area contributed by atoms with Crippen molar-refractivity contribution in [1.82, 2.24) is 0 Å². The van der Waals surface area contributed by atoms with Crippen LogP contribution in [0.15, 0.2) is 36.5 Å². The number of carbonyl (C=O) groups is 2. The normalized spacial score (nSPS) is 12.4. The molecule has 0 spiro atoms. The lowest BCUT2D eigenvalue weighted by atomic mass is 10.0. The van der Waals surface area contributed by atoms with Crippen LogP contribution in [0.3, 0.4) is 0 Å². The number of rotatable bonds is 51. The number of ether oxygens (including phenoxy) is 3. The Bertz CT molecular complexity index is 986. The fourth-order valence-electron chi connectivity index (χ4n) is 8.05. The van der Waals surface area contributed by atoms with Gasteiger partial charge in [-0.25, -0.2) is 0 Å². The molecular weight excluding hydrogens is 765 g/mol. The van der Waals surface area contributed by atoms with Crippen LogP contribution in [0.5, 0.6) is 0 Å². The molecule has 0 aliphatic heterocycles. The van der Waals surface area contributed by atoms with E-state index in [1.165, 1.54) is 199 Å². The molecule has 0 unspecified atom stereocenters. The Kier molecular flexibility index (Phi) is 51.8. The molecule has 0 aromatic rings. The maximum absolute atomic E-state index is 12.8. The first kappa shape index (κ1) is 60.1. The SMILES string of the molecule is CCCCC/C=C\C/C=C\C/C=C\CCCCC(=O)O[C@H](COCCCCCCCCCCCCCCCCCC)COC(=O)CCCCCCCCCCCCCCCCC. The van der Waals surface area contributed by atoms with Gasteiger partial charge in [0.05, 0.1) is 6.61 Å². The van der Waals surface area contributed by atoms with Crippen LogP contribution in [0.1, 0.15) is 290 Å². The van der Waals surface area contributed by atoms with Gasteiger partial charge in [-0.05, 0) is 57.8 Å². The fraction of sp³-hybridized carbons (Fsp3) is 0.860. The van der Waals surface area contributed by atoms with Crippen molar-refractivity contribution in [3.8, 4) is 0 Å². The van der Waals surface area contributed by atoms with Gasteiger partial charge in [-0.1, -0.05) is 256 Å². The number of carbonyl (C=O) groups excluding carboxylic acids is 2. The Hall–Kier alpha value is -1.88. The predicted molar refractivity (Wildman–Crippen MR) is 270 cm³/mol. The molecule has 0 rings (SSSR count). The van der Waals surface area contributed by atoms with Crippen molar-refractivity contribution < 1.29 is 23.8 Å². The molecule has 0 aromatic carbocycles. The Labute approximate surface area is 387 Å². The Balaban J connectivity index is 4.28. The molecule has 0 aliphatic carbocycles. The zero-order valence-corrected chi connectivity index (χ0v) is 41.9. The molecule has 0 amide bonds. The van der Waals surface area contributed by atoms with E-state index >= 15 is 0 Å². The third-order valence-corrected chi connectivity index (χ3v) is 12.2. The average molecular weight is 871 g/mol. The smallest absolute Gasteiger partial charge is 0.306 e. The summed E-state index contributed by atoms with van der Waals surface area (Å²) in [5.74, 6) is -0.423. The highest BCUT2D eigenvalue weighted by Crippen LogP contribution is 2.16. The molecule has 0 aromatic heterocycles. The van der Waals surface area contributed by atoms with E-state index in [1.54, 1.807) is 0 Å². The summed E-state index contributed by atoms with van der Waals surface area (Å²) in [6.45, 7) is 7.82. The van der Waals surface area contributed by atoms with E-state index in [4.69, 9.17) is 14.2 Å². The lowest BCUT2D eigenvalue weighted by Gasteiger charge is -2.18. The molecule has 0 N–H and O–H groups in total. The predicted octanol–water partition coefficient (Wildman–Crippen LogP) is 18.6. The van der Waals surface area contributed by atoms with Gasteiger partial charge >= 0.3 is 11.9 Å². The third-order valence-electron chi connectivity index (χ3n) is 12.2. The summed E-state index contributed by atoms with van der Waals surface area (Å²) < 4.78 is 17.4. The molecular formula is C57H106O5. The number of hydrogen-bond donors (Lipinski definition) is 0. The zero-order valence-electron chi connectivity index (χ0n) is 41.9. The van der Waals surface area contributed by atoms with Crippen LogP contribution in [0.2, 0.25) is 0 Å². The van der Waals surface area contributed by atoms with Gasteiger partial charge in [0.2, 0.25) is 0 Å². The monoisotopic (exact) mass is 871 g/mol. The van der Waals surface area contributed by atoms with Crippen molar-refractivity contribution in [1.29, 1.82) is 0 Å². The van der Waals surface area contributed by atoms with Gasteiger partial charge in [-0.15, -0.1) is 0 Å². The molecule has 1 atom stereocenters. The molecule has 0 heterocycles. The summed E-state index contributed by atoms with van der Waals surface area (Å²) in [6, 6.07) is 0. The van der Waals surface area contributed by atoms with Gasteiger partial charge in [0.25, 0.3) is 0 Å². The Morgan fingerprint density at radius 1 is 0.355 bits per heavy atom. The highest BCUT2D eigenvalue weighted by molar-refractivity contribution is 5.70. The molecule has 0 bridgehead atoms. The number of allylic oxidation sites excluding steroid dienone is 6. The van der Waals surface area contributed by atoms with E-state index in [2.05, 4.69) is 57.2 Å². The number of esters is 2. The van der Waals surface area contributed by atoms with Gasteiger partial charge in [-0.3, -0.25) is 9.59 Å². The third kappa shape index (κ3) is 50.8. The summed E-state index contributed by atoms with van der Waals surface area (Å²) in [4.78, 5) is 25.4. The molecule has 0 saturated carbocycles. The van der Waals surface area contributed by atoms with Crippen LogP contribution < -0.4 is 0 Å². The van der Waals surface area contributed by atoms with E-state index in [9.17, 15) is 9.59 Å². The first-order valence-electron chi connectivity index (χ1n) is 27.5. The average Bonchev–Trinajstić information content (AvgIpc) is 3.27. The molecule has 0 aliphatic rings. The van der Waals surface area contributed by atoms with Crippen molar-refractivity contribution in [3.05, 3.63) is 36.5 Å². The second kappa shape index (κ2) is 53.5. The molecule has 0 radical (unpaired) electrons. The largest absolute Gasteiger partial charge is 0.462 e. The molecule has 364 valence electrons. The lowest BCUT2D eigenvalue weighted by molar-refractivity contribution is -0.163. The van der Waals surface area contributed by atoms with Gasteiger partial charge in [0.1, 0.15) is 6.61 Å². The van der Waals surface area contributed by atoms with Crippen LogP contribution in [0.25, 0.3) is 0 Å². The second-order valence-electron chi connectivity index (χ2n) is 18.5. The zero-order chi connectivity index (χ0) is 44.9. The molecule has 0 fully saturated rings. The van der Waals surface area contributed by atoms with Crippen molar-refractivity contribution in [2.24, 2.45) is 0 Å². The highest BCUT2D eigenvalue weighted by Gasteiger charge is 2.17. The van der Waals surface area contributed by atoms with E-state index in [-0.39, 0.29) is 25.2 Å². The number of hydrogen-bond acceptors (Lipinski definition) is 5. The molecule has 5 nitrogen and oxygen atoms in total. The maximum Gasteiger partial charge on any atom is 0.306 e. The van der Waals surface area contributed by atoms with E-state index in [1.807, 2.05) is 0 Å². The molecule has 5 heteroatoms. The summed E-state index contributed by atoms with van der Waals surface area (Å²) >= 11 is 0. The minimum absolute atomic E-state index is 0.0766. The topological polar surface area (TPSA) is 61.8 Å². The van der Waals surface area contributed by atoms with Crippen LogP contribution in [-0.2, 0) is 23.8 Å². The minimum atomic E-state index is -0.550. The van der Waals surface area contributed by atoms with Crippen molar-refractivity contribution in [2.75, 3.05) is 19.8 Å².